The van der Waals surface area contributed by atoms with E-state index in [-0.39, 0.29) is 17.4 Å². The largest absolute Gasteiger partial charge is 0.381 e. The van der Waals surface area contributed by atoms with E-state index in [1.165, 1.54) is 11.1 Å². The normalized spacial score (nSPS) is 16.9. The molecule has 2 amide bonds. The van der Waals surface area contributed by atoms with Crippen LogP contribution in [0, 0.1) is 0 Å². The highest BCUT2D eigenvalue weighted by Crippen LogP contribution is 2.31. The number of amides is 2. The average molecular weight is 645 g/mol. The Balaban J connectivity index is 1.12. The monoisotopic (exact) mass is 644 g/mol. The van der Waals surface area contributed by atoms with Gasteiger partial charge in [0.05, 0.1) is 49.9 Å². The third-order valence-electron chi connectivity index (χ3n) is 8.85. The molecule has 2 aromatic rings. The van der Waals surface area contributed by atoms with Crippen molar-refractivity contribution in [3.8, 4) is 0 Å². The van der Waals surface area contributed by atoms with Gasteiger partial charge in [0, 0.05) is 52.3 Å². The molecule has 250 valence electrons. The summed E-state index contributed by atoms with van der Waals surface area (Å²) in [5.74, 6) is 0.0966. The van der Waals surface area contributed by atoms with E-state index in [4.69, 9.17) is 18.9 Å². The number of aromatic nitrogens is 1. The van der Waals surface area contributed by atoms with E-state index in [1.807, 2.05) is 10.3 Å². The minimum atomic E-state index is -0.416. The van der Waals surface area contributed by atoms with E-state index in [2.05, 4.69) is 48.0 Å². The number of carbonyl (C=O) groups is 2. The summed E-state index contributed by atoms with van der Waals surface area (Å²) in [6.07, 6.45) is 5.38. The Morgan fingerprint density at radius 2 is 1.76 bits per heavy atom. The zero-order valence-corrected chi connectivity index (χ0v) is 28.4. The summed E-state index contributed by atoms with van der Waals surface area (Å²) in [6.45, 7) is 11.1. The van der Waals surface area contributed by atoms with E-state index in [0.717, 1.165) is 63.2 Å². The zero-order valence-electron chi connectivity index (χ0n) is 27.6. The summed E-state index contributed by atoms with van der Waals surface area (Å²) in [4.78, 5) is 36.5. The first-order valence-electron chi connectivity index (χ1n) is 16.5. The molecule has 0 atom stereocenters. The second-order valence-corrected chi connectivity index (χ2v) is 12.9. The second kappa shape index (κ2) is 18.1. The quantitative estimate of drug-likeness (QED) is 0.188. The number of hydrogen-bond acceptors (Lipinski definition) is 9. The predicted molar refractivity (Wildman–Crippen MR) is 176 cm³/mol. The first-order chi connectivity index (χ1) is 21.9. The molecule has 10 nitrogen and oxygen atoms in total. The van der Waals surface area contributed by atoms with Gasteiger partial charge in [-0.05, 0) is 49.7 Å². The van der Waals surface area contributed by atoms with Crippen molar-refractivity contribution in [1.29, 1.82) is 0 Å². The van der Waals surface area contributed by atoms with Crippen molar-refractivity contribution >= 4 is 23.2 Å². The van der Waals surface area contributed by atoms with Crippen LogP contribution in [-0.2, 0) is 43.0 Å². The van der Waals surface area contributed by atoms with Crippen molar-refractivity contribution in [2.24, 2.45) is 0 Å². The maximum atomic E-state index is 13.1. The second-order valence-electron chi connectivity index (χ2n) is 12.0. The van der Waals surface area contributed by atoms with Gasteiger partial charge in [0.1, 0.15) is 5.69 Å². The molecule has 0 unspecified atom stereocenters. The van der Waals surface area contributed by atoms with Crippen LogP contribution in [-0.4, -0.2) is 123 Å². The number of benzene rings is 1. The molecule has 11 heteroatoms. The molecule has 2 aliphatic rings. The lowest BCUT2D eigenvalue weighted by molar-refractivity contribution is -0.146. The van der Waals surface area contributed by atoms with Crippen molar-refractivity contribution in [3.63, 3.8) is 0 Å². The van der Waals surface area contributed by atoms with Gasteiger partial charge >= 0.3 is 0 Å². The Kier molecular flexibility index (Phi) is 14.2. The fourth-order valence-electron chi connectivity index (χ4n) is 6.02. The van der Waals surface area contributed by atoms with Gasteiger partial charge in [0.2, 0.25) is 5.91 Å². The van der Waals surface area contributed by atoms with Crippen molar-refractivity contribution in [2.45, 2.75) is 70.7 Å². The van der Waals surface area contributed by atoms with Crippen molar-refractivity contribution < 1.29 is 28.5 Å². The highest BCUT2D eigenvalue weighted by molar-refractivity contribution is 7.09. The number of aryl methyl sites for hydroxylation is 1. The molecule has 0 saturated carbocycles. The molecule has 2 fully saturated rings. The molecule has 0 N–H and O–H groups in total. The SMILES string of the molecule is CCCN(CC(OC)OC)C(=O)CCOCCc1ccc(CCN2CCC3(CC2)CN(C(=O)c2csc(CC)n2)CCO3)cc1. The highest BCUT2D eigenvalue weighted by atomic mass is 32.1. The van der Waals surface area contributed by atoms with Crippen LogP contribution in [0.3, 0.4) is 0 Å². The number of likely N-dealkylation sites (tertiary alicyclic amines) is 1. The molecule has 1 spiro atoms. The Labute approximate surface area is 273 Å². The van der Waals surface area contributed by atoms with Crippen molar-refractivity contribution in [3.05, 3.63) is 51.5 Å². The van der Waals surface area contributed by atoms with Crippen molar-refractivity contribution in [2.75, 3.05) is 79.9 Å². The molecule has 1 aromatic heterocycles. The zero-order chi connectivity index (χ0) is 32.1. The van der Waals surface area contributed by atoms with E-state index in [0.29, 0.717) is 58.1 Å². The smallest absolute Gasteiger partial charge is 0.273 e. The molecule has 3 heterocycles. The third kappa shape index (κ3) is 10.6. The number of carbonyl (C=O) groups excluding carboxylic acids is 2. The van der Waals surface area contributed by atoms with Gasteiger partial charge in [-0.2, -0.15) is 0 Å². The lowest BCUT2D eigenvalue weighted by atomic mass is 9.89. The predicted octanol–water partition coefficient (Wildman–Crippen LogP) is 4.06. The summed E-state index contributed by atoms with van der Waals surface area (Å²) in [5, 5.41) is 2.90. The highest BCUT2D eigenvalue weighted by Gasteiger charge is 2.41. The molecule has 1 aromatic carbocycles. The minimum Gasteiger partial charge on any atom is -0.381 e. The number of morpholine rings is 1. The number of hydrogen-bond donors (Lipinski definition) is 0. The maximum Gasteiger partial charge on any atom is 0.273 e. The lowest BCUT2D eigenvalue weighted by Crippen LogP contribution is -2.58. The number of thiazole rings is 1. The first-order valence-corrected chi connectivity index (χ1v) is 17.4. The van der Waals surface area contributed by atoms with Crippen LogP contribution in [0.15, 0.2) is 29.6 Å². The van der Waals surface area contributed by atoms with Gasteiger partial charge < -0.3 is 33.6 Å². The van der Waals surface area contributed by atoms with Gasteiger partial charge in [-0.15, -0.1) is 11.3 Å². The fraction of sp³-hybridized carbons (Fsp3) is 0.676. The van der Waals surface area contributed by atoms with Crippen LogP contribution in [0.1, 0.15) is 66.2 Å². The van der Waals surface area contributed by atoms with Gasteiger partial charge in [0.25, 0.3) is 5.91 Å². The molecular formula is C34H52N4O6S. The summed E-state index contributed by atoms with van der Waals surface area (Å²) in [5.41, 5.74) is 2.90. The topological polar surface area (TPSA) is 93.7 Å². The van der Waals surface area contributed by atoms with E-state index in [1.54, 1.807) is 30.5 Å². The van der Waals surface area contributed by atoms with Gasteiger partial charge in [0.15, 0.2) is 6.29 Å². The summed E-state index contributed by atoms with van der Waals surface area (Å²) in [6, 6.07) is 8.79. The first kappa shape index (κ1) is 35.4. The van der Waals surface area contributed by atoms with Crippen LogP contribution >= 0.6 is 11.3 Å². The lowest BCUT2D eigenvalue weighted by Gasteiger charge is -2.47. The van der Waals surface area contributed by atoms with Crippen LogP contribution in [0.25, 0.3) is 0 Å². The molecule has 45 heavy (non-hydrogen) atoms. The number of piperidine rings is 1. The molecule has 4 rings (SSSR count). The Bertz CT molecular complexity index is 1180. The summed E-state index contributed by atoms with van der Waals surface area (Å²) >= 11 is 1.56. The number of ether oxygens (including phenoxy) is 4. The van der Waals surface area contributed by atoms with Gasteiger partial charge in [-0.1, -0.05) is 38.1 Å². The molecule has 0 aliphatic carbocycles. The van der Waals surface area contributed by atoms with E-state index < -0.39 is 6.29 Å². The van der Waals surface area contributed by atoms with Crippen LogP contribution in [0.5, 0.6) is 0 Å². The summed E-state index contributed by atoms with van der Waals surface area (Å²) in [7, 11) is 3.17. The van der Waals surface area contributed by atoms with Crippen LogP contribution < -0.4 is 0 Å². The fourth-order valence-corrected chi connectivity index (χ4v) is 6.74. The van der Waals surface area contributed by atoms with Crippen LogP contribution in [0.2, 0.25) is 0 Å². The van der Waals surface area contributed by atoms with Gasteiger partial charge in [-0.3, -0.25) is 9.59 Å². The average Bonchev–Trinajstić information content (AvgIpc) is 3.56. The standard InChI is InChI=1S/C34H52N4O6S/c1-5-16-37(24-32(41-3)42-4)31(39)13-22-43-21-12-28-9-7-27(8-10-28)11-17-36-18-14-34(15-19-36)26-38(20-23-44-34)33(40)29-25-45-30(6-2)35-29/h7-10,25,32H,5-6,11-24,26H2,1-4H3. The molecule has 0 bridgehead atoms. The molecular weight excluding hydrogens is 592 g/mol. The number of rotatable bonds is 17. The minimum absolute atomic E-state index is 0.0367. The molecule has 2 saturated heterocycles. The third-order valence-corrected chi connectivity index (χ3v) is 9.85. The molecule has 2 aliphatic heterocycles. The Morgan fingerprint density at radius 3 is 2.40 bits per heavy atom. The Hall–Kier alpha value is -2.41. The van der Waals surface area contributed by atoms with E-state index in [9.17, 15) is 9.59 Å². The summed E-state index contributed by atoms with van der Waals surface area (Å²) < 4.78 is 22.6. The van der Waals surface area contributed by atoms with E-state index >= 15 is 0 Å². The number of nitrogens with zero attached hydrogens (tertiary/aromatic N) is 4. The maximum absolute atomic E-state index is 13.1. The number of methoxy groups -OCH3 is 2. The van der Waals surface area contributed by atoms with Crippen molar-refractivity contribution in [1.82, 2.24) is 19.7 Å². The Morgan fingerprint density at radius 1 is 1.04 bits per heavy atom. The van der Waals surface area contributed by atoms with Crippen LogP contribution in [0.4, 0.5) is 0 Å². The van der Waals surface area contributed by atoms with Gasteiger partial charge in [-0.25, -0.2) is 4.98 Å². The molecule has 0 radical (unpaired) electrons.